The molecule has 0 nitrogen and oxygen atoms in total. The Morgan fingerprint density at radius 2 is 0.857 bits per heavy atom. The monoisotopic (exact) mass is 745 g/mol. The van der Waals surface area contributed by atoms with Crippen molar-refractivity contribution in [3.8, 4) is 0 Å². The van der Waals surface area contributed by atoms with Crippen LogP contribution < -0.4 is 0 Å². The molecule has 0 radical (unpaired) electrons. The van der Waals surface area contributed by atoms with Crippen LogP contribution in [0.5, 0.6) is 0 Å². The first-order valence-electron chi connectivity index (χ1n) is 2.79. The maximum absolute atomic E-state index is 3.53. The zero-order valence-electron chi connectivity index (χ0n) is 5.99. The van der Waals surface area contributed by atoms with Crippen LogP contribution >= 0.6 is 149 Å². The minimum absolute atomic E-state index is 0.176. The molecule has 0 fully saturated rings. The Morgan fingerprint density at radius 3 is 1.00 bits per heavy atom. The van der Waals surface area contributed by atoms with Crippen molar-refractivity contribution in [3.63, 3.8) is 0 Å². The summed E-state index contributed by atoms with van der Waals surface area (Å²) in [6.07, 6.45) is 0. The van der Waals surface area contributed by atoms with Gasteiger partial charge in [0.05, 0.1) is 0 Å². The Kier molecular flexibility index (Phi) is 10.6. The van der Waals surface area contributed by atoms with E-state index in [0.717, 1.165) is 0 Å². The van der Waals surface area contributed by atoms with Crippen LogP contribution in [0.4, 0.5) is 0 Å². The van der Waals surface area contributed by atoms with Crippen molar-refractivity contribution in [2.45, 2.75) is 12.6 Å². The maximum atomic E-state index is 3.53. The van der Waals surface area contributed by atoms with Crippen molar-refractivity contribution in [2.75, 3.05) is 0 Å². The predicted octanol–water partition coefficient (Wildman–Crippen LogP) is 7.49. The van der Waals surface area contributed by atoms with Gasteiger partial charge in [0, 0.05) is 0 Å². The fourth-order valence-corrected chi connectivity index (χ4v) is 7.57. The maximum Gasteiger partial charge on any atom is 0.157 e. The molecular weight excluding hydrogens is 751 g/mol. The summed E-state index contributed by atoms with van der Waals surface area (Å²) in [6.45, 7) is 0. The van der Waals surface area contributed by atoms with Crippen LogP contribution in [0.25, 0.3) is 0 Å². The van der Waals surface area contributed by atoms with Crippen molar-refractivity contribution in [3.05, 3.63) is 0 Å². The number of hydrogen-bond acceptors (Lipinski definition) is 2. The van der Waals surface area contributed by atoms with Crippen LogP contribution in [0, 0.1) is 0 Å². The summed E-state index contributed by atoms with van der Waals surface area (Å²) in [6, 6.07) is 0. The van der Waals surface area contributed by atoms with Gasteiger partial charge in [-0.1, -0.05) is 149 Å². The van der Waals surface area contributed by atoms with Crippen molar-refractivity contribution in [2.24, 2.45) is 0 Å². The molecule has 2 atom stereocenters. The Hall–Kier alpha value is 4.54. The zero-order valence-corrected chi connectivity index (χ0v) is 20.3. The van der Waals surface area contributed by atoms with E-state index in [1.807, 2.05) is 0 Å². The highest BCUT2D eigenvalue weighted by Gasteiger charge is 2.34. The summed E-state index contributed by atoms with van der Waals surface area (Å²) in [5.74, 6) is 0. The van der Waals surface area contributed by atoms with E-state index in [1.165, 1.54) is 0 Å². The van der Waals surface area contributed by atoms with Gasteiger partial charge in [-0.15, -0.1) is 0 Å². The second-order valence-electron chi connectivity index (χ2n) is 1.91. The summed E-state index contributed by atoms with van der Waals surface area (Å²) in [4.78, 5) is 0. The minimum atomic E-state index is -0.301. The average Bonchev–Trinajstić information content (AvgIpc) is 1.95. The molecule has 0 aliphatic heterocycles. The Bertz CT molecular complexity index is 153. The van der Waals surface area contributed by atoms with Gasteiger partial charge in [0.25, 0.3) is 0 Å². The van der Waals surface area contributed by atoms with Gasteiger partial charge in [-0.05, 0) is 0 Å². The standard InChI is InChI=1S/C4H2Br8S2/c5-1(3(7,8)9)13-14-2(6)4(10,11)12/h1-2H. The third-order valence-electron chi connectivity index (χ3n) is 0.739. The molecule has 0 N–H and O–H groups in total. The first kappa shape index (κ1) is 18.5. The van der Waals surface area contributed by atoms with Gasteiger partial charge in [0.2, 0.25) is 0 Å². The fourth-order valence-electron chi connectivity index (χ4n) is 0.207. The predicted molar refractivity (Wildman–Crippen MR) is 99.6 cm³/mol. The van der Waals surface area contributed by atoms with E-state index >= 15 is 0 Å². The molecule has 10 heteroatoms. The van der Waals surface area contributed by atoms with E-state index in [9.17, 15) is 0 Å². The summed E-state index contributed by atoms with van der Waals surface area (Å²) in [7, 11) is 3.35. The second-order valence-corrected chi connectivity index (χ2v) is 21.3. The van der Waals surface area contributed by atoms with Crippen LogP contribution in [-0.4, -0.2) is 12.6 Å². The van der Waals surface area contributed by atoms with Crippen LogP contribution in [0.1, 0.15) is 0 Å². The Labute approximate surface area is 158 Å². The number of halogens is 8. The lowest BCUT2D eigenvalue weighted by atomic mass is 11.0. The third kappa shape index (κ3) is 8.61. The molecule has 0 bridgehead atoms. The highest BCUT2D eigenvalue weighted by molar-refractivity contribution is 9.41. The Balaban J connectivity index is 3.96. The van der Waals surface area contributed by atoms with Crippen LogP contribution in [0.3, 0.4) is 0 Å². The lowest BCUT2D eigenvalue weighted by Crippen LogP contribution is -2.15. The molecule has 0 saturated carbocycles. The number of rotatable bonds is 3. The van der Waals surface area contributed by atoms with Crippen LogP contribution in [0.2, 0.25) is 0 Å². The van der Waals surface area contributed by atoms with Crippen LogP contribution in [-0.2, 0) is 0 Å². The number of hydrogen-bond donors (Lipinski definition) is 0. The molecule has 0 heterocycles. The lowest BCUT2D eigenvalue weighted by molar-refractivity contribution is 1.37. The average molecular weight is 753 g/mol. The fraction of sp³-hybridized carbons (Fsp3) is 1.00. The topological polar surface area (TPSA) is 0 Å². The lowest BCUT2D eigenvalue weighted by Gasteiger charge is -2.23. The normalized spacial score (nSPS) is 18.0. The van der Waals surface area contributed by atoms with Gasteiger partial charge in [-0.25, -0.2) is 0 Å². The molecule has 0 amide bonds. The van der Waals surface area contributed by atoms with E-state index in [1.54, 1.807) is 21.6 Å². The SMILES string of the molecule is BrC(SSC(Br)C(Br)(Br)Br)C(Br)(Br)Br. The molecule has 14 heavy (non-hydrogen) atoms. The quantitative estimate of drug-likeness (QED) is 0.217. The molecule has 86 valence electrons. The van der Waals surface area contributed by atoms with Crippen molar-refractivity contribution in [1.29, 1.82) is 0 Å². The molecule has 0 saturated heterocycles. The van der Waals surface area contributed by atoms with Crippen molar-refractivity contribution >= 4 is 149 Å². The molecule has 0 aliphatic carbocycles. The van der Waals surface area contributed by atoms with Gasteiger partial charge in [0.1, 0.15) is 8.32 Å². The summed E-state index contributed by atoms with van der Waals surface area (Å²) in [5.41, 5.74) is 0. The second kappa shape index (κ2) is 7.97. The Morgan fingerprint density at radius 1 is 0.643 bits per heavy atom. The molecule has 0 aromatic carbocycles. The molecule has 0 aromatic rings. The van der Waals surface area contributed by atoms with E-state index in [0.29, 0.717) is 0 Å². The summed E-state index contributed by atoms with van der Waals surface area (Å²) < 4.78 is -0.250. The van der Waals surface area contributed by atoms with E-state index in [-0.39, 0.29) is 12.6 Å². The third-order valence-corrected chi connectivity index (χ3v) is 15.6. The zero-order chi connectivity index (χ0) is 11.6. The van der Waals surface area contributed by atoms with Gasteiger partial charge < -0.3 is 0 Å². The highest BCUT2D eigenvalue weighted by atomic mass is 80.0. The molecule has 0 spiro atoms. The van der Waals surface area contributed by atoms with Crippen molar-refractivity contribution < 1.29 is 0 Å². The van der Waals surface area contributed by atoms with Crippen molar-refractivity contribution in [1.82, 2.24) is 0 Å². The van der Waals surface area contributed by atoms with E-state index in [2.05, 4.69) is 127 Å². The minimum Gasteiger partial charge on any atom is -0.0744 e. The molecule has 0 rings (SSSR count). The van der Waals surface area contributed by atoms with Crippen LogP contribution in [0.15, 0.2) is 0 Å². The largest absolute Gasteiger partial charge is 0.157 e. The highest BCUT2D eigenvalue weighted by Crippen LogP contribution is 2.55. The summed E-state index contributed by atoms with van der Waals surface area (Å²) >= 11 is 27.7. The molecule has 0 aliphatic rings. The van der Waals surface area contributed by atoms with Gasteiger partial charge in [0.15, 0.2) is 4.29 Å². The smallest absolute Gasteiger partial charge is 0.0744 e. The van der Waals surface area contributed by atoms with E-state index in [4.69, 9.17) is 0 Å². The first-order chi connectivity index (χ1) is 6.05. The molecular formula is C4H2Br8S2. The number of alkyl halides is 8. The van der Waals surface area contributed by atoms with E-state index < -0.39 is 0 Å². The van der Waals surface area contributed by atoms with Gasteiger partial charge >= 0.3 is 0 Å². The molecule has 2 unspecified atom stereocenters. The first-order valence-corrected chi connectivity index (χ1v) is 11.7. The van der Waals surface area contributed by atoms with Gasteiger partial charge in [-0.2, -0.15) is 0 Å². The van der Waals surface area contributed by atoms with Gasteiger partial charge in [-0.3, -0.25) is 0 Å². The molecule has 0 aromatic heterocycles. The summed E-state index contributed by atoms with van der Waals surface area (Å²) in [5, 5.41) is 0.